The number of amides is 1. The van der Waals surface area contributed by atoms with Crippen LogP contribution in [-0.4, -0.2) is 25.2 Å². The molecule has 84 valence electrons. The van der Waals surface area contributed by atoms with Gasteiger partial charge in [0.05, 0.1) is 5.60 Å². The molecule has 5 heteroatoms. The lowest BCUT2D eigenvalue weighted by atomic mass is 10.1. The van der Waals surface area contributed by atoms with Crippen molar-refractivity contribution >= 4 is 17.5 Å². The van der Waals surface area contributed by atoms with E-state index in [1.54, 1.807) is 7.11 Å². The van der Waals surface area contributed by atoms with Gasteiger partial charge in [-0.15, -0.1) is 0 Å². The van der Waals surface area contributed by atoms with Crippen LogP contribution in [0.5, 0.6) is 0 Å². The highest BCUT2D eigenvalue weighted by Crippen LogP contribution is 2.13. The van der Waals surface area contributed by atoms with E-state index < -0.39 is 5.60 Å². The van der Waals surface area contributed by atoms with Gasteiger partial charge < -0.3 is 14.5 Å². The third kappa shape index (κ3) is 3.57. The normalized spacial score (nSPS) is 11.5. The fourth-order valence-electron chi connectivity index (χ4n) is 0.889. The fraction of sp³-hybridized carbons (Fsp3) is 0.500. The molecule has 4 nitrogen and oxygen atoms in total. The first-order valence-corrected chi connectivity index (χ1v) is 4.91. The van der Waals surface area contributed by atoms with Crippen molar-refractivity contribution in [1.82, 2.24) is 5.32 Å². The molecule has 1 N–H and O–H groups in total. The standard InChI is InChI=1S/C10H14ClNO3/c1-10(2,14-3)6-12-9(13)7-4-5-8(11)15-7/h4-5H,6H2,1-3H3,(H,12,13). The molecule has 0 saturated heterocycles. The maximum Gasteiger partial charge on any atom is 0.287 e. The van der Waals surface area contributed by atoms with Crippen LogP contribution in [0.4, 0.5) is 0 Å². The Morgan fingerprint density at radius 3 is 2.73 bits per heavy atom. The summed E-state index contributed by atoms with van der Waals surface area (Å²) >= 11 is 5.55. The van der Waals surface area contributed by atoms with Crippen LogP contribution in [0.25, 0.3) is 0 Å². The van der Waals surface area contributed by atoms with E-state index in [-0.39, 0.29) is 16.9 Å². The number of carbonyl (C=O) groups excluding carboxylic acids is 1. The lowest BCUT2D eigenvalue weighted by Crippen LogP contribution is -2.39. The molecule has 0 unspecified atom stereocenters. The minimum Gasteiger partial charge on any atom is -0.440 e. The second kappa shape index (κ2) is 4.68. The number of methoxy groups -OCH3 is 1. The quantitative estimate of drug-likeness (QED) is 0.863. The summed E-state index contributed by atoms with van der Waals surface area (Å²) < 4.78 is 10.1. The third-order valence-electron chi connectivity index (χ3n) is 2.02. The van der Waals surface area contributed by atoms with E-state index >= 15 is 0 Å². The predicted octanol–water partition coefficient (Wildman–Crippen LogP) is 2.09. The molecule has 0 bridgehead atoms. The minimum absolute atomic E-state index is 0.200. The molecule has 0 aromatic carbocycles. The maximum atomic E-state index is 11.5. The van der Waals surface area contributed by atoms with Crippen molar-refractivity contribution in [1.29, 1.82) is 0 Å². The SMILES string of the molecule is COC(C)(C)CNC(=O)c1ccc(Cl)o1. The van der Waals surface area contributed by atoms with Crippen molar-refractivity contribution in [2.24, 2.45) is 0 Å². The van der Waals surface area contributed by atoms with Crippen LogP contribution >= 0.6 is 11.6 Å². The van der Waals surface area contributed by atoms with Crippen LogP contribution < -0.4 is 5.32 Å². The smallest absolute Gasteiger partial charge is 0.287 e. The summed E-state index contributed by atoms with van der Waals surface area (Å²) in [7, 11) is 1.59. The molecule has 1 heterocycles. The van der Waals surface area contributed by atoms with E-state index in [2.05, 4.69) is 5.32 Å². The number of halogens is 1. The summed E-state index contributed by atoms with van der Waals surface area (Å²) in [6.07, 6.45) is 0. The van der Waals surface area contributed by atoms with E-state index in [0.29, 0.717) is 6.54 Å². The average molecular weight is 232 g/mol. The first kappa shape index (κ1) is 12.1. The van der Waals surface area contributed by atoms with E-state index in [0.717, 1.165) is 0 Å². The van der Waals surface area contributed by atoms with Crippen molar-refractivity contribution in [2.75, 3.05) is 13.7 Å². The van der Waals surface area contributed by atoms with Crippen molar-refractivity contribution in [3.05, 3.63) is 23.1 Å². The van der Waals surface area contributed by atoms with E-state index in [1.807, 2.05) is 13.8 Å². The highest BCUT2D eigenvalue weighted by atomic mass is 35.5. The third-order valence-corrected chi connectivity index (χ3v) is 2.23. The Balaban J connectivity index is 2.50. The first-order chi connectivity index (χ1) is 6.94. The largest absolute Gasteiger partial charge is 0.440 e. The van der Waals surface area contributed by atoms with Gasteiger partial charge in [0.1, 0.15) is 0 Å². The van der Waals surface area contributed by atoms with Gasteiger partial charge in [0.2, 0.25) is 0 Å². The molecular weight excluding hydrogens is 218 g/mol. The number of hydrogen-bond acceptors (Lipinski definition) is 3. The summed E-state index contributed by atoms with van der Waals surface area (Å²) in [5.74, 6) is -0.0982. The summed E-state index contributed by atoms with van der Waals surface area (Å²) in [6.45, 7) is 4.16. The van der Waals surface area contributed by atoms with Crippen LogP contribution in [0.15, 0.2) is 16.5 Å². The number of nitrogens with one attached hydrogen (secondary N) is 1. The number of hydrogen-bond donors (Lipinski definition) is 1. The van der Waals surface area contributed by atoms with Crippen LogP contribution in [0, 0.1) is 0 Å². The van der Waals surface area contributed by atoms with E-state index in [9.17, 15) is 4.79 Å². The van der Waals surface area contributed by atoms with Gasteiger partial charge in [0, 0.05) is 13.7 Å². The van der Waals surface area contributed by atoms with Crippen LogP contribution in [0.3, 0.4) is 0 Å². The molecule has 1 amide bonds. The van der Waals surface area contributed by atoms with E-state index in [4.69, 9.17) is 20.8 Å². The topological polar surface area (TPSA) is 51.5 Å². The van der Waals surface area contributed by atoms with Gasteiger partial charge in [0.15, 0.2) is 11.0 Å². The number of carbonyl (C=O) groups is 1. The highest BCUT2D eigenvalue weighted by molar-refractivity contribution is 6.29. The number of rotatable bonds is 4. The molecule has 0 atom stereocenters. The fourth-order valence-corrected chi connectivity index (χ4v) is 1.03. The summed E-state index contributed by atoms with van der Waals surface area (Å²) in [5.41, 5.74) is -0.397. The molecule has 0 aliphatic carbocycles. The van der Waals surface area contributed by atoms with Gasteiger partial charge >= 0.3 is 0 Å². The summed E-state index contributed by atoms with van der Waals surface area (Å²) in [4.78, 5) is 11.5. The molecule has 0 aliphatic rings. The molecule has 1 aromatic rings. The van der Waals surface area contributed by atoms with Gasteiger partial charge in [-0.1, -0.05) is 0 Å². The zero-order valence-corrected chi connectivity index (χ0v) is 9.72. The van der Waals surface area contributed by atoms with Crippen LogP contribution in [0.1, 0.15) is 24.4 Å². The predicted molar refractivity (Wildman–Crippen MR) is 57.1 cm³/mol. The molecule has 0 spiro atoms. The molecular formula is C10H14ClNO3. The molecule has 0 saturated carbocycles. The Labute approximate surface area is 93.5 Å². The Morgan fingerprint density at radius 2 is 2.27 bits per heavy atom. The average Bonchev–Trinajstić information content (AvgIpc) is 2.61. The van der Waals surface area contributed by atoms with Gasteiger partial charge in [-0.25, -0.2) is 0 Å². The van der Waals surface area contributed by atoms with Crippen molar-refractivity contribution in [2.45, 2.75) is 19.4 Å². The van der Waals surface area contributed by atoms with Gasteiger partial charge in [-0.3, -0.25) is 4.79 Å². The van der Waals surface area contributed by atoms with Gasteiger partial charge in [0.25, 0.3) is 5.91 Å². The van der Waals surface area contributed by atoms with Crippen molar-refractivity contribution in [3.8, 4) is 0 Å². The highest BCUT2D eigenvalue weighted by Gasteiger charge is 2.19. The first-order valence-electron chi connectivity index (χ1n) is 4.53. The zero-order valence-electron chi connectivity index (χ0n) is 8.96. The van der Waals surface area contributed by atoms with Gasteiger partial charge in [-0.05, 0) is 37.6 Å². The Kier molecular flexibility index (Phi) is 3.77. The molecule has 0 fully saturated rings. The molecule has 1 rings (SSSR count). The Bertz CT molecular complexity index is 346. The lowest BCUT2D eigenvalue weighted by Gasteiger charge is -2.22. The van der Waals surface area contributed by atoms with Crippen molar-refractivity contribution in [3.63, 3.8) is 0 Å². The summed E-state index contributed by atoms with van der Waals surface area (Å²) in [5, 5.41) is 2.89. The second-order valence-electron chi connectivity index (χ2n) is 3.75. The number of furan rings is 1. The summed E-state index contributed by atoms with van der Waals surface area (Å²) in [6, 6.07) is 3.05. The molecule has 0 radical (unpaired) electrons. The van der Waals surface area contributed by atoms with E-state index in [1.165, 1.54) is 12.1 Å². The maximum absolute atomic E-state index is 11.5. The van der Waals surface area contributed by atoms with Crippen LogP contribution in [-0.2, 0) is 4.74 Å². The zero-order chi connectivity index (χ0) is 11.5. The van der Waals surface area contributed by atoms with Crippen LogP contribution in [0.2, 0.25) is 5.22 Å². The molecule has 1 aromatic heterocycles. The monoisotopic (exact) mass is 231 g/mol. The second-order valence-corrected chi connectivity index (χ2v) is 4.12. The molecule has 15 heavy (non-hydrogen) atoms. The number of ether oxygens (including phenoxy) is 1. The molecule has 0 aliphatic heterocycles. The Morgan fingerprint density at radius 1 is 1.60 bits per heavy atom. The van der Waals surface area contributed by atoms with Gasteiger partial charge in [-0.2, -0.15) is 0 Å². The minimum atomic E-state index is -0.397. The Hall–Kier alpha value is -1.00. The van der Waals surface area contributed by atoms with Crippen molar-refractivity contribution < 1.29 is 13.9 Å². The lowest BCUT2D eigenvalue weighted by molar-refractivity contribution is 0.0226.